The first-order chi connectivity index (χ1) is 8.18. The topological polar surface area (TPSA) is 59.8 Å². The molecule has 2 saturated heterocycles. The number of nitrogens with zero attached hydrogens (tertiary/aromatic N) is 3. The molecule has 2 fully saturated rings. The zero-order chi connectivity index (χ0) is 12.0. The van der Waals surface area contributed by atoms with Gasteiger partial charge in [-0.2, -0.15) is 0 Å². The van der Waals surface area contributed by atoms with E-state index in [2.05, 4.69) is 4.98 Å². The van der Waals surface area contributed by atoms with Crippen LogP contribution in [-0.2, 0) is 9.47 Å². The minimum atomic E-state index is -0.523. The van der Waals surface area contributed by atoms with Gasteiger partial charge in [-0.1, -0.05) is 0 Å². The van der Waals surface area contributed by atoms with Crippen LogP contribution in [0.4, 0.5) is 0 Å². The Bertz CT molecular complexity index is 381. The third-order valence-electron chi connectivity index (χ3n) is 3.56. The molecule has 2 aliphatic rings. The van der Waals surface area contributed by atoms with Crippen molar-refractivity contribution in [2.75, 3.05) is 20.7 Å². The molecule has 0 amide bonds. The second kappa shape index (κ2) is 4.06. The highest BCUT2D eigenvalue weighted by Gasteiger charge is 2.51. The number of aliphatic hydroxyl groups excluding tert-OH is 1. The van der Waals surface area contributed by atoms with Crippen molar-refractivity contribution in [1.82, 2.24) is 14.5 Å². The lowest BCUT2D eigenvalue weighted by Crippen LogP contribution is -2.56. The Morgan fingerprint density at radius 2 is 2.29 bits per heavy atom. The van der Waals surface area contributed by atoms with Crippen LogP contribution >= 0.6 is 0 Å². The number of hydrogen-bond acceptors (Lipinski definition) is 5. The quantitative estimate of drug-likeness (QED) is 0.752. The smallest absolute Gasteiger partial charge is 0.181 e. The molecule has 0 spiro atoms. The van der Waals surface area contributed by atoms with E-state index in [0.29, 0.717) is 6.61 Å². The molecule has 0 saturated carbocycles. The van der Waals surface area contributed by atoms with E-state index in [4.69, 9.17) is 9.47 Å². The molecule has 0 aliphatic carbocycles. The maximum Gasteiger partial charge on any atom is 0.181 e. The van der Waals surface area contributed by atoms with Gasteiger partial charge in [0.2, 0.25) is 0 Å². The average Bonchev–Trinajstić information content (AvgIpc) is 2.89. The number of imidazole rings is 1. The van der Waals surface area contributed by atoms with Gasteiger partial charge in [0.05, 0.1) is 25.1 Å². The first-order valence-electron chi connectivity index (χ1n) is 5.77. The summed E-state index contributed by atoms with van der Waals surface area (Å²) >= 11 is 0. The van der Waals surface area contributed by atoms with Gasteiger partial charge in [-0.05, 0) is 14.1 Å². The van der Waals surface area contributed by atoms with Crippen molar-refractivity contribution in [3.63, 3.8) is 0 Å². The van der Waals surface area contributed by atoms with Crippen molar-refractivity contribution in [3.05, 3.63) is 18.7 Å². The fraction of sp³-hybridized carbons (Fsp3) is 0.727. The lowest BCUT2D eigenvalue weighted by molar-refractivity contribution is -0.178. The first-order valence-corrected chi connectivity index (χ1v) is 5.77. The van der Waals surface area contributed by atoms with E-state index in [1.807, 2.05) is 29.8 Å². The van der Waals surface area contributed by atoms with E-state index < -0.39 is 6.10 Å². The lowest BCUT2D eigenvalue weighted by Gasteiger charge is -2.41. The lowest BCUT2D eigenvalue weighted by atomic mass is 9.95. The fourth-order valence-electron chi connectivity index (χ4n) is 2.78. The summed E-state index contributed by atoms with van der Waals surface area (Å²) in [5, 5.41) is 10.5. The summed E-state index contributed by atoms with van der Waals surface area (Å²) in [6, 6.07) is -0.287. The zero-order valence-corrected chi connectivity index (χ0v) is 9.93. The summed E-state index contributed by atoms with van der Waals surface area (Å²) in [7, 11) is 3.89. The van der Waals surface area contributed by atoms with Crippen molar-refractivity contribution >= 4 is 0 Å². The molecule has 94 valence electrons. The van der Waals surface area contributed by atoms with Crippen LogP contribution in [0.2, 0.25) is 0 Å². The number of aliphatic hydroxyl groups is 1. The van der Waals surface area contributed by atoms with Crippen molar-refractivity contribution in [2.24, 2.45) is 0 Å². The maximum absolute atomic E-state index is 10.5. The van der Waals surface area contributed by atoms with Gasteiger partial charge in [0.1, 0.15) is 12.1 Å². The molecule has 17 heavy (non-hydrogen) atoms. The van der Waals surface area contributed by atoms with Crippen molar-refractivity contribution < 1.29 is 14.6 Å². The molecule has 0 radical (unpaired) electrons. The summed E-state index contributed by atoms with van der Waals surface area (Å²) in [6.45, 7) is 0.537. The van der Waals surface area contributed by atoms with Gasteiger partial charge >= 0.3 is 0 Å². The molecule has 1 aromatic rings. The van der Waals surface area contributed by atoms with Gasteiger partial charge in [0.25, 0.3) is 0 Å². The third kappa shape index (κ3) is 1.68. The highest BCUT2D eigenvalue weighted by molar-refractivity contribution is 5.01. The SMILES string of the molecule is CN(C)C1C2COC(O2)C(n2ccnc2)C1O. The molecule has 1 N–H and O–H groups in total. The minimum absolute atomic E-state index is 0.0511. The molecule has 6 heteroatoms. The van der Waals surface area contributed by atoms with Gasteiger partial charge in [-0.15, -0.1) is 0 Å². The summed E-state index contributed by atoms with van der Waals surface area (Å²) < 4.78 is 13.3. The van der Waals surface area contributed by atoms with Gasteiger partial charge in [0.15, 0.2) is 6.29 Å². The number of aromatic nitrogens is 2. The molecule has 0 aromatic carbocycles. The van der Waals surface area contributed by atoms with Crippen LogP contribution in [0.15, 0.2) is 18.7 Å². The molecule has 3 rings (SSSR count). The van der Waals surface area contributed by atoms with Crippen LogP contribution in [0.5, 0.6) is 0 Å². The largest absolute Gasteiger partial charge is 0.389 e. The number of fused-ring (bicyclic) bond motifs is 2. The molecule has 2 bridgehead atoms. The number of rotatable bonds is 2. The Morgan fingerprint density at radius 1 is 1.47 bits per heavy atom. The van der Waals surface area contributed by atoms with Crippen LogP contribution in [0, 0.1) is 0 Å². The van der Waals surface area contributed by atoms with Crippen LogP contribution in [-0.4, -0.2) is 64.8 Å². The number of hydrogen-bond donors (Lipinski definition) is 1. The maximum atomic E-state index is 10.5. The summed E-state index contributed by atoms with van der Waals surface area (Å²) in [6.07, 6.45) is 4.26. The summed E-state index contributed by atoms with van der Waals surface area (Å²) in [5.41, 5.74) is 0. The average molecular weight is 239 g/mol. The summed E-state index contributed by atoms with van der Waals surface area (Å²) in [5.74, 6) is 0. The highest BCUT2D eigenvalue weighted by Crippen LogP contribution is 2.36. The van der Waals surface area contributed by atoms with Crippen molar-refractivity contribution in [2.45, 2.75) is 30.6 Å². The predicted molar refractivity (Wildman–Crippen MR) is 59.4 cm³/mol. The molecule has 3 heterocycles. The number of likely N-dealkylation sites (N-methyl/N-ethyl adjacent to an activating group) is 1. The number of ether oxygens (including phenoxy) is 2. The second-order valence-electron chi connectivity index (χ2n) is 4.82. The fourth-order valence-corrected chi connectivity index (χ4v) is 2.78. The Morgan fingerprint density at radius 3 is 2.94 bits per heavy atom. The van der Waals surface area contributed by atoms with Gasteiger partial charge in [-0.3, -0.25) is 0 Å². The second-order valence-corrected chi connectivity index (χ2v) is 4.82. The van der Waals surface area contributed by atoms with E-state index in [1.165, 1.54) is 0 Å². The molecule has 6 nitrogen and oxygen atoms in total. The Hall–Kier alpha value is -0.950. The van der Waals surface area contributed by atoms with E-state index in [9.17, 15) is 5.11 Å². The standard InChI is InChI=1S/C11H17N3O3/c1-13(2)8-7-5-16-11(17-7)9(10(8)15)14-4-3-12-6-14/h3-4,6-11,15H,5H2,1-2H3. The van der Waals surface area contributed by atoms with E-state index >= 15 is 0 Å². The molecule has 1 aromatic heterocycles. The molecule has 5 unspecified atom stereocenters. The van der Waals surface area contributed by atoms with Crippen LogP contribution in [0.3, 0.4) is 0 Å². The van der Waals surface area contributed by atoms with Gasteiger partial charge in [-0.25, -0.2) is 4.98 Å². The molecular weight excluding hydrogens is 222 g/mol. The van der Waals surface area contributed by atoms with E-state index in [1.54, 1.807) is 12.5 Å². The molecule has 2 aliphatic heterocycles. The van der Waals surface area contributed by atoms with Crippen LogP contribution in [0.25, 0.3) is 0 Å². The normalized spacial score (nSPS) is 41.1. The Balaban J connectivity index is 1.93. The Kier molecular flexibility index (Phi) is 2.67. The molecular formula is C11H17N3O3. The predicted octanol–water partition coefficient (Wildman–Crippen LogP) is -0.530. The third-order valence-corrected chi connectivity index (χ3v) is 3.56. The van der Waals surface area contributed by atoms with Gasteiger partial charge in [0, 0.05) is 12.4 Å². The summed E-state index contributed by atoms with van der Waals surface area (Å²) in [4.78, 5) is 6.00. The van der Waals surface area contributed by atoms with Crippen molar-refractivity contribution in [1.29, 1.82) is 0 Å². The first kappa shape index (κ1) is 11.2. The van der Waals surface area contributed by atoms with Crippen LogP contribution < -0.4 is 0 Å². The van der Waals surface area contributed by atoms with Crippen LogP contribution in [0.1, 0.15) is 6.04 Å². The van der Waals surface area contributed by atoms with Gasteiger partial charge < -0.3 is 24.0 Å². The Labute approximate surface area is 99.8 Å². The van der Waals surface area contributed by atoms with Crippen molar-refractivity contribution in [3.8, 4) is 0 Å². The zero-order valence-electron chi connectivity index (χ0n) is 9.93. The highest BCUT2D eigenvalue weighted by atomic mass is 16.7. The minimum Gasteiger partial charge on any atom is -0.389 e. The molecule has 5 atom stereocenters. The van der Waals surface area contributed by atoms with E-state index in [0.717, 1.165) is 0 Å². The van der Waals surface area contributed by atoms with E-state index in [-0.39, 0.29) is 24.5 Å². The monoisotopic (exact) mass is 239 g/mol.